The van der Waals surface area contributed by atoms with E-state index in [2.05, 4.69) is 4.29 Å². The lowest BCUT2D eigenvalue weighted by molar-refractivity contribution is -1.92. The van der Waals surface area contributed by atoms with Gasteiger partial charge in [0.05, 0.1) is 0 Å². The summed E-state index contributed by atoms with van der Waals surface area (Å²) < 4.78 is 35.4. The van der Waals surface area contributed by atoms with Gasteiger partial charge in [-0.15, -0.1) is 0 Å². The average Bonchev–Trinajstić information content (AvgIpc) is 1.96. The average molecular weight is 261 g/mol. The first kappa shape index (κ1) is 14.8. The van der Waals surface area contributed by atoms with E-state index < -0.39 is 10.2 Å². The molecule has 0 aromatic carbocycles. The zero-order valence-electron chi connectivity index (χ0n) is 8.99. The van der Waals surface area contributed by atoms with Gasteiger partial charge in [-0.25, -0.2) is 0 Å². The highest BCUT2D eigenvalue weighted by atomic mass is 35.7. The van der Waals surface area contributed by atoms with Crippen LogP contribution in [0, 0.1) is 10.2 Å². The van der Waals surface area contributed by atoms with Crippen LogP contribution in [0.5, 0.6) is 0 Å². The van der Waals surface area contributed by atoms with Gasteiger partial charge in [0.1, 0.15) is 15.3 Å². The molecule has 6 nitrogen and oxygen atoms in total. The SMILES string of the molecule is CN(C)CC(Cl)=C(O[Cl+3]([O-])([O-])[O-])N(C)C. The van der Waals surface area contributed by atoms with Gasteiger partial charge in [0.15, 0.2) is 0 Å². The molecule has 0 amide bonds. The summed E-state index contributed by atoms with van der Waals surface area (Å²) in [7, 11) is 2.01. The zero-order valence-corrected chi connectivity index (χ0v) is 10.5. The van der Waals surface area contributed by atoms with Crippen LogP contribution in [0.2, 0.25) is 0 Å². The lowest BCUT2D eigenvalue weighted by atomic mass is 10.5. The van der Waals surface area contributed by atoms with E-state index in [1.54, 1.807) is 19.0 Å². The van der Waals surface area contributed by atoms with Crippen LogP contribution in [0.4, 0.5) is 0 Å². The summed E-state index contributed by atoms with van der Waals surface area (Å²) in [5.41, 5.74) is 0. The molecule has 8 heteroatoms. The molecule has 0 heterocycles. The molecule has 0 rings (SSSR count). The van der Waals surface area contributed by atoms with Gasteiger partial charge >= 0.3 is 5.88 Å². The van der Waals surface area contributed by atoms with Gasteiger partial charge in [0.2, 0.25) is 0 Å². The molecule has 0 aromatic heterocycles. The molecule has 0 aromatic rings. The molecule has 0 N–H and O–H groups in total. The van der Waals surface area contributed by atoms with Gasteiger partial charge in [-0.2, -0.15) is 14.0 Å². The molecule has 90 valence electrons. The van der Waals surface area contributed by atoms with E-state index in [0.717, 1.165) is 0 Å². The summed E-state index contributed by atoms with van der Waals surface area (Å²) in [6.07, 6.45) is 0. The minimum absolute atomic E-state index is 0.136. The maximum atomic E-state index is 10.4. The number of halogens is 2. The molecule has 0 unspecified atom stereocenters. The Balaban J connectivity index is 4.78. The molecule has 0 radical (unpaired) electrons. The van der Waals surface area contributed by atoms with Crippen molar-refractivity contribution in [1.29, 1.82) is 0 Å². The van der Waals surface area contributed by atoms with E-state index in [-0.39, 0.29) is 17.5 Å². The molecule has 0 aliphatic heterocycles. The quantitative estimate of drug-likeness (QED) is 0.506. The Hall–Kier alpha value is -0.240. The van der Waals surface area contributed by atoms with Gasteiger partial charge in [0, 0.05) is 20.6 Å². The van der Waals surface area contributed by atoms with E-state index in [1.165, 1.54) is 19.0 Å². The highest BCUT2D eigenvalue weighted by molar-refractivity contribution is 6.30. The van der Waals surface area contributed by atoms with Crippen LogP contribution in [-0.4, -0.2) is 44.5 Å². The van der Waals surface area contributed by atoms with Gasteiger partial charge in [-0.05, 0) is 18.4 Å². The largest absolute Gasteiger partial charge is 0.373 e. The van der Waals surface area contributed by atoms with Crippen LogP contribution < -0.4 is 14.0 Å². The van der Waals surface area contributed by atoms with Crippen molar-refractivity contribution in [2.45, 2.75) is 0 Å². The van der Waals surface area contributed by atoms with Crippen molar-refractivity contribution in [2.24, 2.45) is 0 Å². The van der Waals surface area contributed by atoms with Gasteiger partial charge in [0.25, 0.3) is 0 Å². The highest BCUT2D eigenvalue weighted by Gasteiger charge is 2.27. The maximum absolute atomic E-state index is 10.4. The van der Waals surface area contributed by atoms with E-state index >= 15 is 0 Å². The third-order valence-corrected chi connectivity index (χ3v) is 1.88. The third kappa shape index (κ3) is 6.77. The Morgan fingerprint density at radius 2 is 1.67 bits per heavy atom. The van der Waals surface area contributed by atoms with Crippen LogP contribution in [0.25, 0.3) is 0 Å². The van der Waals surface area contributed by atoms with Crippen molar-refractivity contribution < 1.29 is 28.5 Å². The fourth-order valence-corrected chi connectivity index (χ4v) is 1.68. The molecule has 0 saturated heterocycles. The molecule has 15 heavy (non-hydrogen) atoms. The standard InChI is InChI=1S/C7H14Cl2N2O4/c1-10(2)5-6(8)7(11(3)4)15-9(12,13)14/h5H2,1-4H3. The highest BCUT2D eigenvalue weighted by Crippen LogP contribution is 2.16. The molecule has 0 fully saturated rings. The van der Waals surface area contributed by atoms with Crippen LogP contribution in [0.3, 0.4) is 0 Å². The van der Waals surface area contributed by atoms with Crippen LogP contribution in [-0.2, 0) is 4.29 Å². The number of rotatable bonds is 5. The van der Waals surface area contributed by atoms with Crippen LogP contribution in [0.15, 0.2) is 10.9 Å². The molecule has 0 saturated carbocycles. The number of likely N-dealkylation sites (N-methyl/N-ethyl adjacent to an activating group) is 1. The van der Waals surface area contributed by atoms with Crippen LogP contribution >= 0.6 is 11.6 Å². The molecule has 0 spiro atoms. The number of hydrogen-bond acceptors (Lipinski definition) is 6. The van der Waals surface area contributed by atoms with E-state index in [4.69, 9.17) is 11.6 Å². The summed E-state index contributed by atoms with van der Waals surface area (Å²) >= 11 is 5.81. The molecular formula is C7H14Cl2N2O4. The fraction of sp³-hybridized carbons (Fsp3) is 0.714. The monoisotopic (exact) mass is 260 g/mol. The molecular weight excluding hydrogens is 247 g/mol. The van der Waals surface area contributed by atoms with E-state index in [1.807, 2.05) is 0 Å². The predicted octanol–water partition coefficient (Wildman–Crippen LogP) is -2.57. The summed E-state index contributed by atoms with van der Waals surface area (Å²) in [5, 5.41) is 0.136. The number of hydrogen-bond donors (Lipinski definition) is 0. The first-order valence-corrected chi connectivity index (χ1v) is 5.55. The summed E-state index contributed by atoms with van der Waals surface area (Å²) in [5.74, 6) is -0.179. The number of nitrogens with zero attached hydrogens (tertiary/aromatic N) is 2. The Morgan fingerprint density at radius 1 is 1.20 bits per heavy atom. The first-order valence-electron chi connectivity index (χ1n) is 3.94. The topological polar surface area (TPSA) is 84.9 Å². The Labute approximate surface area is 96.0 Å². The van der Waals surface area contributed by atoms with Crippen molar-refractivity contribution in [2.75, 3.05) is 34.7 Å². The normalized spacial score (nSPS) is 13.9. The lowest BCUT2D eigenvalue weighted by Crippen LogP contribution is -2.61. The molecule has 0 bridgehead atoms. The molecule has 0 aliphatic rings. The van der Waals surface area contributed by atoms with Crippen molar-refractivity contribution in [3.63, 3.8) is 0 Å². The van der Waals surface area contributed by atoms with Crippen molar-refractivity contribution >= 4 is 11.6 Å². The van der Waals surface area contributed by atoms with Gasteiger partial charge < -0.3 is 9.80 Å². The minimum atomic E-state index is -4.53. The van der Waals surface area contributed by atoms with Crippen molar-refractivity contribution in [3.8, 4) is 0 Å². The van der Waals surface area contributed by atoms with E-state index in [9.17, 15) is 14.0 Å². The third-order valence-electron chi connectivity index (χ3n) is 1.26. The summed E-state index contributed by atoms with van der Waals surface area (Å²) in [4.78, 5) is 3.03. The van der Waals surface area contributed by atoms with E-state index in [0.29, 0.717) is 0 Å². The second-order valence-corrected chi connectivity index (χ2v) is 4.66. The second kappa shape index (κ2) is 5.74. The Bertz CT molecular complexity index is 238. The molecule has 0 atom stereocenters. The summed E-state index contributed by atoms with van der Waals surface area (Å²) in [6.45, 7) is 0.278. The smallest absolute Gasteiger partial charge is 0.335 e. The Kier molecular flexibility index (Phi) is 5.65. The first-order chi connectivity index (χ1) is 6.63. The summed E-state index contributed by atoms with van der Waals surface area (Å²) in [6, 6.07) is 0. The van der Waals surface area contributed by atoms with Crippen molar-refractivity contribution in [1.82, 2.24) is 9.80 Å². The van der Waals surface area contributed by atoms with Gasteiger partial charge in [-0.3, -0.25) is 0 Å². The van der Waals surface area contributed by atoms with Gasteiger partial charge in [-0.1, -0.05) is 11.6 Å². The minimum Gasteiger partial charge on any atom is -0.335 e. The maximum Gasteiger partial charge on any atom is 0.373 e. The van der Waals surface area contributed by atoms with Crippen LogP contribution in [0.1, 0.15) is 0 Å². The Morgan fingerprint density at radius 3 is 1.93 bits per heavy atom. The lowest BCUT2D eigenvalue weighted by Gasteiger charge is -2.19. The predicted molar refractivity (Wildman–Crippen MR) is 46.2 cm³/mol. The van der Waals surface area contributed by atoms with Crippen molar-refractivity contribution in [3.05, 3.63) is 10.9 Å². The second-order valence-electron chi connectivity index (χ2n) is 3.30. The fourth-order valence-electron chi connectivity index (χ4n) is 0.788. The molecule has 0 aliphatic carbocycles. The zero-order chi connectivity index (χ0) is 12.2.